The topological polar surface area (TPSA) is 0 Å². The van der Waals surface area contributed by atoms with E-state index < -0.39 is 0 Å². The van der Waals surface area contributed by atoms with Crippen LogP contribution < -0.4 is 0 Å². The number of rotatable bonds is 2. The molecule has 0 amide bonds. The molecule has 0 radical (unpaired) electrons. The first-order valence-corrected chi connectivity index (χ1v) is 11.6. The van der Waals surface area contributed by atoms with Crippen molar-refractivity contribution in [1.29, 1.82) is 0 Å². The molecule has 0 fully saturated rings. The van der Waals surface area contributed by atoms with E-state index in [-0.39, 0.29) is 0 Å². The van der Waals surface area contributed by atoms with Crippen molar-refractivity contribution < 1.29 is 0 Å². The maximum absolute atomic E-state index is 2.32. The van der Waals surface area contributed by atoms with Crippen molar-refractivity contribution in [1.82, 2.24) is 0 Å². The summed E-state index contributed by atoms with van der Waals surface area (Å²) in [7, 11) is 0. The molecule has 0 nitrogen and oxygen atoms in total. The van der Waals surface area contributed by atoms with Gasteiger partial charge in [0.15, 0.2) is 0 Å². The lowest BCUT2D eigenvalue weighted by Crippen LogP contribution is -1.93. The van der Waals surface area contributed by atoms with Crippen LogP contribution >= 0.6 is 0 Å². The molecule has 0 heteroatoms. The van der Waals surface area contributed by atoms with Gasteiger partial charge in [0.25, 0.3) is 0 Å². The first kappa shape index (κ1) is 18.4. The molecule has 0 unspecified atom stereocenters. The van der Waals surface area contributed by atoms with E-state index in [0.29, 0.717) is 0 Å². The molecule has 0 heterocycles. The zero-order valence-electron chi connectivity index (χ0n) is 18.3. The lowest BCUT2D eigenvalue weighted by molar-refractivity contribution is 1.27. The number of benzene rings is 6. The van der Waals surface area contributed by atoms with Crippen molar-refractivity contribution >= 4 is 21.5 Å². The van der Waals surface area contributed by atoms with Crippen LogP contribution in [0.15, 0.2) is 121 Å². The van der Waals surface area contributed by atoms with E-state index in [1.807, 2.05) is 0 Å². The summed E-state index contributed by atoms with van der Waals surface area (Å²) in [6.45, 7) is 0. The van der Waals surface area contributed by atoms with Crippen LogP contribution in [0.5, 0.6) is 0 Å². The normalized spacial score (nSPS) is 12.1. The Morgan fingerprint density at radius 3 is 1.58 bits per heavy atom. The second-order valence-corrected chi connectivity index (χ2v) is 8.87. The zero-order valence-corrected chi connectivity index (χ0v) is 18.3. The Hall–Kier alpha value is -4.16. The van der Waals surface area contributed by atoms with E-state index in [9.17, 15) is 0 Å². The molecule has 0 aliphatic heterocycles. The molecule has 0 saturated carbocycles. The summed E-state index contributed by atoms with van der Waals surface area (Å²) in [6.07, 6.45) is 0.991. The summed E-state index contributed by atoms with van der Waals surface area (Å²) in [5, 5.41) is 5.26. The number of fused-ring (bicyclic) bond motifs is 5. The molecule has 154 valence electrons. The lowest BCUT2D eigenvalue weighted by atomic mass is 9.84. The first-order valence-electron chi connectivity index (χ1n) is 11.6. The van der Waals surface area contributed by atoms with Crippen LogP contribution in [-0.4, -0.2) is 0 Å². The summed E-state index contributed by atoms with van der Waals surface area (Å²) in [4.78, 5) is 0. The SMILES string of the molecule is c1ccc(-c2c3ccccc3c(-c3cccc4c3Cc3ccccc3-4)c3ccccc23)cc1. The third kappa shape index (κ3) is 2.71. The Kier molecular flexibility index (Phi) is 4.01. The van der Waals surface area contributed by atoms with Crippen LogP contribution in [0.3, 0.4) is 0 Å². The Labute approximate surface area is 193 Å². The molecule has 6 aromatic carbocycles. The maximum Gasteiger partial charge on any atom is -0.000728 e. The molecule has 0 saturated heterocycles. The molecule has 1 aliphatic rings. The second-order valence-electron chi connectivity index (χ2n) is 8.87. The molecule has 0 aromatic heterocycles. The van der Waals surface area contributed by atoms with Gasteiger partial charge in [0.1, 0.15) is 0 Å². The highest BCUT2D eigenvalue weighted by molar-refractivity contribution is 6.21. The highest BCUT2D eigenvalue weighted by Gasteiger charge is 2.24. The maximum atomic E-state index is 2.32. The molecule has 33 heavy (non-hydrogen) atoms. The van der Waals surface area contributed by atoms with E-state index in [0.717, 1.165) is 6.42 Å². The van der Waals surface area contributed by atoms with E-state index in [2.05, 4.69) is 121 Å². The van der Waals surface area contributed by atoms with Gasteiger partial charge in [-0.15, -0.1) is 0 Å². The van der Waals surface area contributed by atoms with Gasteiger partial charge in [0, 0.05) is 0 Å². The average Bonchev–Trinajstić information content (AvgIpc) is 3.27. The molecule has 0 N–H and O–H groups in total. The van der Waals surface area contributed by atoms with Gasteiger partial charge >= 0.3 is 0 Å². The monoisotopic (exact) mass is 418 g/mol. The van der Waals surface area contributed by atoms with Crippen molar-refractivity contribution in [3.63, 3.8) is 0 Å². The minimum Gasteiger partial charge on any atom is -0.0622 e. The highest BCUT2D eigenvalue weighted by Crippen LogP contribution is 2.47. The van der Waals surface area contributed by atoms with Gasteiger partial charge in [-0.05, 0) is 72.5 Å². The predicted molar refractivity (Wildman–Crippen MR) is 141 cm³/mol. The van der Waals surface area contributed by atoms with Crippen molar-refractivity contribution in [3.8, 4) is 33.4 Å². The largest absolute Gasteiger partial charge is 0.0622 e. The van der Waals surface area contributed by atoms with Crippen LogP contribution in [0.2, 0.25) is 0 Å². The summed E-state index contributed by atoms with van der Waals surface area (Å²) in [6, 6.07) is 44.3. The van der Waals surface area contributed by atoms with Crippen molar-refractivity contribution in [2.24, 2.45) is 0 Å². The van der Waals surface area contributed by atoms with E-state index in [1.54, 1.807) is 0 Å². The van der Waals surface area contributed by atoms with Crippen LogP contribution in [-0.2, 0) is 6.42 Å². The number of hydrogen-bond acceptors (Lipinski definition) is 0. The van der Waals surface area contributed by atoms with Gasteiger partial charge in [-0.3, -0.25) is 0 Å². The van der Waals surface area contributed by atoms with Crippen molar-refractivity contribution in [2.45, 2.75) is 6.42 Å². The molecular weight excluding hydrogens is 396 g/mol. The fourth-order valence-electron chi connectivity index (χ4n) is 5.73. The quantitative estimate of drug-likeness (QED) is 0.246. The van der Waals surface area contributed by atoms with E-state index >= 15 is 0 Å². The van der Waals surface area contributed by atoms with Gasteiger partial charge in [-0.1, -0.05) is 121 Å². The minimum absolute atomic E-state index is 0.991. The Morgan fingerprint density at radius 2 is 0.879 bits per heavy atom. The van der Waals surface area contributed by atoms with Crippen LogP contribution in [0.4, 0.5) is 0 Å². The Morgan fingerprint density at radius 1 is 0.364 bits per heavy atom. The third-order valence-electron chi connectivity index (χ3n) is 7.11. The average molecular weight is 419 g/mol. The summed E-state index contributed by atoms with van der Waals surface area (Å²) < 4.78 is 0. The lowest BCUT2D eigenvalue weighted by Gasteiger charge is -2.19. The van der Waals surface area contributed by atoms with Crippen LogP contribution in [0.1, 0.15) is 11.1 Å². The summed E-state index contributed by atoms with van der Waals surface area (Å²) in [5.41, 5.74) is 10.9. The van der Waals surface area contributed by atoms with Crippen molar-refractivity contribution in [2.75, 3.05) is 0 Å². The van der Waals surface area contributed by atoms with Gasteiger partial charge in [0.2, 0.25) is 0 Å². The first-order chi connectivity index (χ1) is 16.4. The van der Waals surface area contributed by atoms with Gasteiger partial charge < -0.3 is 0 Å². The fourth-order valence-corrected chi connectivity index (χ4v) is 5.73. The molecule has 0 atom stereocenters. The molecule has 0 bridgehead atoms. The van der Waals surface area contributed by atoms with E-state index in [4.69, 9.17) is 0 Å². The standard InChI is InChI=1S/C33H22/c1-2-11-22(12-3-1)32-26-15-6-8-17-28(26)33(29-18-9-7-16-27(29)32)30-20-10-19-25-24-14-5-4-13-23(24)21-31(25)30/h1-20H,21H2. The molecule has 6 aromatic rings. The van der Waals surface area contributed by atoms with Gasteiger partial charge in [0.05, 0.1) is 0 Å². The fraction of sp³-hybridized carbons (Fsp3) is 0.0303. The van der Waals surface area contributed by atoms with E-state index in [1.165, 1.54) is 66.1 Å². The Balaban J connectivity index is 1.62. The highest BCUT2D eigenvalue weighted by atomic mass is 14.3. The zero-order chi connectivity index (χ0) is 21.8. The minimum atomic E-state index is 0.991. The molecular formula is C33H22. The molecule has 0 spiro atoms. The molecule has 7 rings (SSSR count). The number of hydrogen-bond donors (Lipinski definition) is 0. The van der Waals surface area contributed by atoms with Gasteiger partial charge in [-0.2, -0.15) is 0 Å². The summed E-state index contributed by atoms with van der Waals surface area (Å²) >= 11 is 0. The second kappa shape index (κ2) is 7.18. The molecule has 1 aliphatic carbocycles. The smallest absolute Gasteiger partial charge is 0.000728 e. The van der Waals surface area contributed by atoms with Crippen LogP contribution in [0.25, 0.3) is 54.9 Å². The third-order valence-corrected chi connectivity index (χ3v) is 7.11. The Bertz CT molecular complexity index is 1620. The predicted octanol–water partition coefficient (Wildman–Crippen LogP) is 8.90. The van der Waals surface area contributed by atoms with Crippen LogP contribution in [0, 0.1) is 0 Å². The van der Waals surface area contributed by atoms with Gasteiger partial charge in [-0.25, -0.2) is 0 Å². The summed E-state index contributed by atoms with van der Waals surface area (Å²) in [5.74, 6) is 0. The van der Waals surface area contributed by atoms with Crippen molar-refractivity contribution in [3.05, 3.63) is 132 Å².